The van der Waals surface area contributed by atoms with Gasteiger partial charge in [-0.2, -0.15) is 0 Å². The molecule has 0 unspecified atom stereocenters. The molecule has 0 aliphatic heterocycles. The van der Waals surface area contributed by atoms with E-state index < -0.39 is 0 Å². The highest BCUT2D eigenvalue weighted by Crippen LogP contribution is 2.22. The minimum atomic E-state index is -0.264. The topological polar surface area (TPSA) is 75.5 Å². The van der Waals surface area contributed by atoms with Crippen LogP contribution in [0.2, 0.25) is 0 Å². The van der Waals surface area contributed by atoms with Gasteiger partial charge in [0.25, 0.3) is 0 Å². The second-order valence-corrected chi connectivity index (χ2v) is 1.63. The SMILES string of the molecule is CN(N)c1cnoc1O. The molecule has 0 atom stereocenters. The molecule has 0 fully saturated rings. The lowest BCUT2D eigenvalue weighted by Gasteiger charge is -2.05. The Morgan fingerprint density at radius 1 is 1.89 bits per heavy atom. The highest BCUT2D eigenvalue weighted by atomic mass is 16.5. The molecular formula is C4H7N3O2. The summed E-state index contributed by atoms with van der Waals surface area (Å²) in [6.07, 6.45) is 1.33. The number of aromatic nitrogens is 1. The highest BCUT2D eigenvalue weighted by molar-refractivity contribution is 5.48. The van der Waals surface area contributed by atoms with E-state index in [4.69, 9.17) is 10.9 Å². The van der Waals surface area contributed by atoms with Crippen LogP contribution in [0.25, 0.3) is 0 Å². The number of aromatic hydroxyl groups is 1. The molecular weight excluding hydrogens is 122 g/mol. The Morgan fingerprint density at radius 3 is 2.78 bits per heavy atom. The molecule has 3 N–H and O–H groups in total. The van der Waals surface area contributed by atoms with Gasteiger partial charge in [-0.05, 0) is 0 Å². The van der Waals surface area contributed by atoms with E-state index in [-0.39, 0.29) is 5.95 Å². The van der Waals surface area contributed by atoms with Crippen molar-refractivity contribution in [1.29, 1.82) is 0 Å². The summed E-state index contributed by atoms with van der Waals surface area (Å²) in [6.45, 7) is 0. The summed E-state index contributed by atoms with van der Waals surface area (Å²) in [4.78, 5) is 0. The Morgan fingerprint density at radius 2 is 2.56 bits per heavy atom. The fraction of sp³-hybridized carbons (Fsp3) is 0.250. The maximum atomic E-state index is 8.77. The van der Waals surface area contributed by atoms with Crippen LogP contribution in [0.3, 0.4) is 0 Å². The van der Waals surface area contributed by atoms with E-state index in [0.29, 0.717) is 5.69 Å². The van der Waals surface area contributed by atoms with Gasteiger partial charge in [0.1, 0.15) is 0 Å². The molecule has 0 bridgehead atoms. The maximum absolute atomic E-state index is 8.77. The third-order valence-corrected chi connectivity index (χ3v) is 0.913. The molecule has 1 heterocycles. The second-order valence-electron chi connectivity index (χ2n) is 1.63. The lowest BCUT2D eigenvalue weighted by molar-refractivity contribution is 0.278. The van der Waals surface area contributed by atoms with E-state index in [2.05, 4.69) is 9.68 Å². The van der Waals surface area contributed by atoms with Gasteiger partial charge in [-0.3, -0.25) is 0 Å². The molecule has 0 aromatic carbocycles. The standard InChI is InChI=1S/C4H7N3O2/c1-7(5)3-2-6-9-4(3)8/h2,8H,5H2,1H3. The molecule has 50 valence electrons. The van der Waals surface area contributed by atoms with Crippen molar-refractivity contribution >= 4 is 5.69 Å². The largest absolute Gasteiger partial charge is 0.478 e. The van der Waals surface area contributed by atoms with Crippen molar-refractivity contribution in [2.24, 2.45) is 5.84 Å². The fourth-order valence-electron chi connectivity index (χ4n) is 0.470. The number of anilines is 1. The van der Waals surface area contributed by atoms with Gasteiger partial charge in [0, 0.05) is 7.05 Å². The molecule has 0 saturated heterocycles. The second kappa shape index (κ2) is 1.94. The van der Waals surface area contributed by atoms with Gasteiger partial charge in [0.05, 0.1) is 6.20 Å². The van der Waals surface area contributed by atoms with Crippen molar-refractivity contribution in [1.82, 2.24) is 5.16 Å². The quantitative estimate of drug-likeness (QED) is 0.402. The summed E-state index contributed by atoms with van der Waals surface area (Å²) in [7, 11) is 1.58. The molecule has 0 aliphatic rings. The molecule has 1 aromatic heterocycles. The van der Waals surface area contributed by atoms with Crippen LogP contribution in [0.4, 0.5) is 5.69 Å². The Hall–Kier alpha value is -1.23. The molecule has 9 heavy (non-hydrogen) atoms. The third kappa shape index (κ3) is 0.945. The summed E-state index contributed by atoms with van der Waals surface area (Å²) >= 11 is 0. The molecule has 1 aromatic rings. The number of hydrogen-bond acceptors (Lipinski definition) is 5. The fourth-order valence-corrected chi connectivity index (χ4v) is 0.470. The Kier molecular flexibility index (Phi) is 1.27. The Bertz CT molecular complexity index is 195. The van der Waals surface area contributed by atoms with E-state index in [9.17, 15) is 0 Å². The first kappa shape index (κ1) is 5.90. The zero-order valence-electron chi connectivity index (χ0n) is 4.90. The predicted octanol–water partition coefficient (Wildman–Crippen LogP) is -0.310. The van der Waals surface area contributed by atoms with E-state index in [0.717, 1.165) is 0 Å². The first-order valence-electron chi connectivity index (χ1n) is 2.34. The molecule has 1 rings (SSSR count). The molecule has 0 radical (unpaired) electrons. The molecule has 0 amide bonds. The van der Waals surface area contributed by atoms with E-state index >= 15 is 0 Å². The first-order chi connectivity index (χ1) is 4.22. The van der Waals surface area contributed by atoms with Gasteiger partial charge in [-0.25, -0.2) is 5.84 Å². The summed E-state index contributed by atoms with van der Waals surface area (Å²) in [5, 5.41) is 13.3. The average Bonchev–Trinajstić information content (AvgIpc) is 2.13. The van der Waals surface area contributed by atoms with Crippen molar-refractivity contribution in [2.75, 3.05) is 12.1 Å². The number of rotatable bonds is 1. The predicted molar refractivity (Wildman–Crippen MR) is 30.8 cm³/mol. The van der Waals surface area contributed by atoms with Crippen LogP contribution < -0.4 is 10.9 Å². The van der Waals surface area contributed by atoms with Gasteiger partial charge >= 0.3 is 5.95 Å². The lowest BCUT2D eigenvalue weighted by atomic mass is 10.5. The Balaban J connectivity index is 2.94. The van der Waals surface area contributed by atoms with E-state index in [1.54, 1.807) is 7.05 Å². The van der Waals surface area contributed by atoms with Gasteiger partial charge < -0.3 is 14.6 Å². The van der Waals surface area contributed by atoms with Crippen molar-refractivity contribution in [2.45, 2.75) is 0 Å². The number of hydrogen-bond donors (Lipinski definition) is 2. The van der Waals surface area contributed by atoms with Crippen molar-refractivity contribution in [3.8, 4) is 5.95 Å². The van der Waals surface area contributed by atoms with Gasteiger partial charge in [-0.1, -0.05) is 5.16 Å². The summed E-state index contributed by atoms with van der Waals surface area (Å²) < 4.78 is 4.31. The summed E-state index contributed by atoms with van der Waals surface area (Å²) in [5.74, 6) is 4.97. The van der Waals surface area contributed by atoms with Crippen LogP contribution in [-0.4, -0.2) is 17.3 Å². The van der Waals surface area contributed by atoms with Crippen molar-refractivity contribution in [3.63, 3.8) is 0 Å². The normalized spacial score (nSPS) is 9.56. The number of nitrogens with zero attached hydrogens (tertiary/aromatic N) is 2. The Labute approximate surface area is 51.6 Å². The van der Waals surface area contributed by atoms with E-state index in [1.165, 1.54) is 11.2 Å². The molecule has 5 heteroatoms. The van der Waals surface area contributed by atoms with Crippen LogP contribution in [0.15, 0.2) is 10.7 Å². The zero-order chi connectivity index (χ0) is 6.85. The van der Waals surface area contributed by atoms with Crippen LogP contribution in [0.1, 0.15) is 0 Å². The average molecular weight is 129 g/mol. The molecule has 0 saturated carbocycles. The maximum Gasteiger partial charge on any atom is 0.333 e. The number of nitrogens with two attached hydrogens (primary N) is 1. The van der Waals surface area contributed by atoms with Gasteiger partial charge in [-0.15, -0.1) is 0 Å². The van der Waals surface area contributed by atoms with Crippen molar-refractivity contribution in [3.05, 3.63) is 6.20 Å². The summed E-state index contributed by atoms with van der Waals surface area (Å²) in [6, 6.07) is 0. The van der Waals surface area contributed by atoms with Crippen LogP contribution in [0.5, 0.6) is 5.95 Å². The summed E-state index contributed by atoms with van der Waals surface area (Å²) in [5.41, 5.74) is 0.370. The van der Waals surface area contributed by atoms with Crippen LogP contribution in [0, 0.1) is 0 Å². The van der Waals surface area contributed by atoms with E-state index in [1.807, 2.05) is 0 Å². The first-order valence-corrected chi connectivity index (χ1v) is 2.34. The monoisotopic (exact) mass is 129 g/mol. The highest BCUT2D eigenvalue weighted by Gasteiger charge is 2.06. The smallest absolute Gasteiger partial charge is 0.333 e. The van der Waals surface area contributed by atoms with Crippen LogP contribution >= 0.6 is 0 Å². The number of hydrazine groups is 1. The van der Waals surface area contributed by atoms with Crippen molar-refractivity contribution < 1.29 is 9.63 Å². The lowest BCUT2D eigenvalue weighted by Crippen LogP contribution is -2.24. The minimum Gasteiger partial charge on any atom is -0.478 e. The molecule has 0 aliphatic carbocycles. The van der Waals surface area contributed by atoms with Crippen LogP contribution in [-0.2, 0) is 0 Å². The molecule has 0 spiro atoms. The van der Waals surface area contributed by atoms with Gasteiger partial charge in [0.15, 0.2) is 5.69 Å². The molecule has 5 nitrogen and oxygen atoms in total. The zero-order valence-corrected chi connectivity index (χ0v) is 4.90. The third-order valence-electron chi connectivity index (χ3n) is 0.913. The van der Waals surface area contributed by atoms with Gasteiger partial charge in [0.2, 0.25) is 0 Å². The minimum absolute atomic E-state index is 0.264.